The van der Waals surface area contributed by atoms with Gasteiger partial charge in [0.05, 0.1) is 0 Å². The number of thiocarbonyl (C=S) groups is 1. The van der Waals surface area contributed by atoms with Crippen LogP contribution in [0.25, 0.3) is 0 Å². The number of thioether (sulfide) groups is 1. The quantitative estimate of drug-likeness (QED) is 0.690. The van der Waals surface area contributed by atoms with E-state index in [2.05, 4.69) is 16.9 Å². The molecule has 2 nitrogen and oxygen atoms in total. The molecule has 76 valence electrons. The highest BCUT2D eigenvalue weighted by Gasteiger charge is 2.24. The summed E-state index contributed by atoms with van der Waals surface area (Å²) in [5.41, 5.74) is 0. The normalized spacial score (nSPS) is 28.2. The number of hydrogen-bond acceptors (Lipinski definition) is 2. The highest BCUT2D eigenvalue weighted by molar-refractivity contribution is 7.99. The van der Waals surface area contributed by atoms with Crippen molar-refractivity contribution in [2.24, 2.45) is 0 Å². The second kappa shape index (κ2) is 5.70. The number of hydrogen-bond donors (Lipinski definition) is 2. The Morgan fingerprint density at radius 2 is 2.08 bits per heavy atom. The van der Waals surface area contributed by atoms with Crippen molar-refractivity contribution in [3.63, 3.8) is 0 Å². The maximum atomic E-state index is 5.11. The molecular formula is C9H18N2S2. The molecule has 0 heterocycles. The van der Waals surface area contributed by atoms with Gasteiger partial charge in [-0.25, -0.2) is 0 Å². The largest absolute Gasteiger partial charge is 0.366 e. The van der Waals surface area contributed by atoms with E-state index >= 15 is 0 Å². The van der Waals surface area contributed by atoms with Crippen LogP contribution in [0.3, 0.4) is 0 Å². The van der Waals surface area contributed by atoms with Crippen molar-refractivity contribution in [1.29, 1.82) is 0 Å². The van der Waals surface area contributed by atoms with Gasteiger partial charge in [-0.2, -0.15) is 11.8 Å². The number of nitrogens with one attached hydrogen (secondary N) is 2. The van der Waals surface area contributed by atoms with E-state index < -0.39 is 0 Å². The van der Waals surface area contributed by atoms with Crippen LogP contribution in [0.5, 0.6) is 0 Å². The summed E-state index contributed by atoms with van der Waals surface area (Å²) in [6, 6.07) is 0.573. The van der Waals surface area contributed by atoms with Crippen molar-refractivity contribution in [2.75, 3.05) is 13.3 Å². The summed E-state index contributed by atoms with van der Waals surface area (Å²) in [5, 5.41) is 7.86. The third-order valence-corrected chi connectivity index (χ3v) is 4.04. The summed E-state index contributed by atoms with van der Waals surface area (Å²) in [4.78, 5) is 0. The van der Waals surface area contributed by atoms with Crippen LogP contribution in [-0.2, 0) is 0 Å². The first-order valence-electron chi connectivity index (χ1n) is 4.79. The lowest BCUT2D eigenvalue weighted by Crippen LogP contribution is -2.46. The van der Waals surface area contributed by atoms with Crippen LogP contribution in [0.2, 0.25) is 0 Å². The van der Waals surface area contributed by atoms with Crippen molar-refractivity contribution in [3.8, 4) is 0 Å². The monoisotopic (exact) mass is 218 g/mol. The summed E-state index contributed by atoms with van der Waals surface area (Å²) >= 11 is 7.06. The molecule has 1 rings (SSSR count). The van der Waals surface area contributed by atoms with Crippen molar-refractivity contribution >= 4 is 29.1 Å². The molecule has 0 aromatic heterocycles. The summed E-state index contributed by atoms with van der Waals surface area (Å²) in [6.07, 6.45) is 7.47. The Bertz CT molecular complexity index is 173. The highest BCUT2D eigenvalue weighted by atomic mass is 32.2. The van der Waals surface area contributed by atoms with Gasteiger partial charge >= 0.3 is 0 Å². The molecule has 0 aromatic rings. The first-order chi connectivity index (χ1) is 6.27. The second-order valence-corrected chi connectivity index (χ2v) is 4.87. The maximum absolute atomic E-state index is 5.11. The lowest BCUT2D eigenvalue weighted by Gasteiger charge is -2.31. The molecule has 0 aliphatic heterocycles. The fraction of sp³-hybridized carbons (Fsp3) is 0.889. The molecule has 2 unspecified atom stereocenters. The lowest BCUT2D eigenvalue weighted by molar-refractivity contribution is 0.424. The van der Waals surface area contributed by atoms with E-state index in [1.165, 1.54) is 25.7 Å². The predicted molar refractivity (Wildman–Crippen MR) is 64.4 cm³/mol. The molecule has 0 spiro atoms. The van der Waals surface area contributed by atoms with Gasteiger partial charge in [0.15, 0.2) is 5.11 Å². The van der Waals surface area contributed by atoms with Crippen molar-refractivity contribution in [3.05, 3.63) is 0 Å². The van der Waals surface area contributed by atoms with Crippen molar-refractivity contribution < 1.29 is 0 Å². The van der Waals surface area contributed by atoms with Gasteiger partial charge in [0.1, 0.15) is 0 Å². The average Bonchev–Trinajstić information content (AvgIpc) is 2.18. The third-order valence-electron chi connectivity index (χ3n) is 2.55. The van der Waals surface area contributed by atoms with Crippen LogP contribution in [-0.4, -0.2) is 29.7 Å². The molecule has 0 aromatic carbocycles. The first-order valence-corrected chi connectivity index (χ1v) is 6.48. The zero-order chi connectivity index (χ0) is 9.68. The van der Waals surface area contributed by atoms with Gasteiger partial charge in [0.25, 0.3) is 0 Å². The van der Waals surface area contributed by atoms with Gasteiger partial charge in [-0.05, 0) is 31.3 Å². The Hall–Kier alpha value is 0.0400. The van der Waals surface area contributed by atoms with Crippen LogP contribution in [0.1, 0.15) is 25.7 Å². The third kappa shape index (κ3) is 3.35. The molecule has 0 radical (unpaired) electrons. The van der Waals surface area contributed by atoms with Crippen LogP contribution in [0, 0.1) is 0 Å². The van der Waals surface area contributed by atoms with Gasteiger partial charge in [-0.15, -0.1) is 0 Å². The minimum absolute atomic E-state index is 0.573. The van der Waals surface area contributed by atoms with Crippen LogP contribution >= 0.6 is 24.0 Å². The van der Waals surface area contributed by atoms with Gasteiger partial charge in [0.2, 0.25) is 0 Å². The zero-order valence-electron chi connectivity index (χ0n) is 8.30. The molecule has 2 N–H and O–H groups in total. The molecule has 0 amide bonds. The Kier molecular flexibility index (Phi) is 4.88. The van der Waals surface area contributed by atoms with Crippen LogP contribution < -0.4 is 10.6 Å². The molecule has 4 heteroatoms. The molecular weight excluding hydrogens is 200 g/mol. The summed E-state index contributed by atoms with van der Waals surface area (Å²) in [7, 11) is 1.87. The lowest BCUT2D eigenvalue weighted by atomic mass is 9.95. The van der Waals surface area contributed by atoms with Crippen molar-refractivity contribution in [1.82, 2.24) is 10.6 Å². The Labute approximate surface area is 90.2 Å². The van der Waals surface area contributed by atoms with Crippen molar-refractivity contribution in [2.45, 2.75) is 37.0 Å². The van der Waals surface area contributed by atoms with E-state index in [4.69, 9.17) is 12.2 Å². The molecule has 0 saturated heterocycles. The Morgan fingerprint density at radius 1 is 1.38 bits per heavy atom. The van der Waals surface area contributed by atoms with Gasteiger partial charge in [0, 0.05) is 18.3 Å². The minimum Gasteiger partial charge on any atom is -0.366 e. The molecule has 1 saturated carbocycles. The fourth-order valence-electron chi connectivity index (χ4n) is 1.78. The molecule has 2 atom stereocenters. The highest BCUT2D eigenvalue weighted by Crippen LogP contribution is 2.26. The Morgan fingerprint density at radius 3 is 2.69 bits per heavy atom. The Balaban J connectivity index is 2.40. The van der Waals surface area contributed by atoms with Crippen LogP contribution in [0.15, 0.2) is 0 Å². The standard InChI is InChI=1S/C9H18N2S2/c1-10-9(12)11-7-5-3-4-6-8(7)13-2/h7-8H,3-6H2,1-2H3,(H2,10,11,12). The molecule has 0 bridgehead atoms. The van der Waals surface area contributed by atoms with Gasteiger partial charge in [-0.1, -0.05) is 12.8 Å². The zero-order valence-corrected chi connectivity index (χ0v) is 9.93. The molecule has 1 fully saturated rings. The molecule has 13 heavy (non-hydrogen) atoms. The second-order valence-electron chi connectivity index (χ2n) is 3.39. The van der Waals surface area contributed by atoms with Gasteiger partial charge in [-0.3, -0.25) is 0 Å². The van der Waals surface area contributed by atoms with E-state index in [1.54, 1.807) is 0 Å². The first kappa shape index (κ1) is 11.1. The smallest absolute Gasteiger partial charge is 0.166 e. The minimum atomic E-state index is 0.573. The van der Waals surface area contributed by atoms with Crippen LogP contribution in [0.4, 0.5) is 0 Å². The number of rotatable bonds is 2. The van der Waals surface area contributed by atoms with E-state index in [0.29, 0.717) is 6.04 Å². The van der Waals surface area contributed by atoms with E-state index in [1.807, 2.05) is 18.8 Å². The van der Waals surface area contributed by atoms with E-state index in [-0.39, 0.29) is 0 Å². The average molecular weight is 218 g/mol. The topological polar surface area (TPSA) is 24.1 Å². The summed E-state index contributed by atoms with van der Waals surface area (Å²) in [5.74, 6) is 0. The maximum Gasteiger partial charge on any atom is 0.166 e. The van der Waals surface area contributed by atoms with E-state index in [0.717, 1.165) is 10.4 Å². The van der Waals surface area contributed by atoms with E-state index in [9.17, 15) is 0 Å². The molecule has 1 aliphatic rings. The fourth-order valence-corrected chi connectivity index (χ4v) is 2.87. The SMILES string of the molecule is CNC(=S)NC1CCCCC1SC. The predicted octanol–water partition coefficient (Wildman–Crippen LogP) is 1.75. The molecule has 1 aliphatic carbocycles. The summed E-state index contributed by atoms with van der Waals surface area (Å²) in [6.45, 7) is 0. The summed E-state index contributed by atoms with van der Waals surface area (Å²) < 4.78 is 0. The van der Waals surface area contributed by atoms with Gasteiger partial charge < -0.3 is 10.6 Å².